The van der Waals surface area contributed by atoms with E-state index in [-0.39, 0.29) is 18.0 Å². The number of rotatable bonds is 11. The van der Waals surface area contributed by atoms with Gasteiger partial charge < -0.3 is 14.8 Å². The van der Waals surface area contributed by atoms with E-state index >= 15 is 0 Å². The fourth-order valence-corrected chi connectivity index (χ4v) is 5.33. The van der Waals surface area contributed by atoms with E-state index in [1.54, 1.807) is 24.3 Å². The van der Waals surface area contributed by atoms with Crippen molar-refractivity contribution in [2.75, 3.05) is 30.6 Å². The van der Waals surface area contributed by atoms with Gasteiger partial charge in [0.15, 0.2) is 0 Å². The van der Waals surface area contributed by atoms with Crippen molar-refractivity contribution < 1.29 is 22.7 Å². The fraction of sp³-hybridized carbons (Fsp3) is 0.179. The van der Waals surface area contributed by atoms with Gasteiger partial charge in [-0.15, -0.1) is 0 Å². The number of carbonyl (C=O) groups is 1. The summed E-state index contributed by atoms with van der Waals surface area (Å²) in [6.07, 6.45) is 0. The molecular weight excluding hydrogens is 512 g/mol. The van der Waals surface area contributed by atoms with Crippen LogP contribution < -0.4 is 19.1 Å². The minimum Gasteiger partial charge on any atom is -0.494 e. The predicted molar refractivity (Wildman–Crippen MR) is 146 cm³/mol. The number of hydrogen-bond donors (Lipinski definition) is 1. The monoisotopic (exact) mass is 538 g/mol. The Morgan fingerprint density at radius 2 is 1.59 bits per heavy atom. The maximum atomic E-state index is 13.5. The van der Waals surface area contributed by atoms with Gasteiger partial charge in [0.25, 0.3) is 10.0 Å². The first-order valence-corrected chi connectivity index (χ1v) is 13.6. The smallest absolute Gasteiger partial charge is 0.264 e. The van der Waals surface area contributed by atoms with Crippen molar-refractivity contribution in [2.24, 2.45) is 0 Å². The molecule has 0 radical (unpaired) electrons. The molecule has 0 aliphatic carbocycles. The van der Waals surface area contributed by atoms with Crippen molar-refractivity contribution in [2.45, 2.75) is 11.8 Å². The van der Waals surface area contributed by atoms with E-state index < -0.39 is 22.5 Å². The minimum atomic E-state index is -4.05. The van der Waals surface area contributed by atoms with Crippen LogP contribution in [0.25, 0.3) is 10.8 Å². The van der Waals surface area contributed by atoms with E-state index in [1.165, 1.54) is 24.3 Å². The Kier molecular flexibility index (Phi) is 8.53. The zero-order valence-electron chi connectivity index (χ0n) is 20.3. The van der Waals surface area contributed by atoms with Crippen LogP contribution in [0.1, 0.15) is 6.92 Å². The molecule has 192 valence electrons. The number of hydrogen-bond acceptors (Lipinski definition) is 5. The van der Waals surface area contributed by atoms with Gasteiger partial charge in [0.1, 0.15) is 24.7 Å². The largest absolute Gasteiger partial charge is 0.494 e. The van der Waals surface area contributed by atoms with Gasteiger partial charge in [-0.05, 0) is 66.9 Å². The van der Waals surface area contributed by atoms with E-state index in [0.29, 0.717) is 28.8 Å². The van der Waals surface area contributed by atoms with Crippen molar-refractivity contribution in [3.05, 3.63) is 96.0 Å². The van der Waals surface area contributed by atoms with Crippen LogP contribution in [-0.2, 0) is 14.8 Å². The molecule has 9 heteroatoms. The molecule has 0 saturated heterocycles. The summed E-state index contributed by atoms with van der Waals surface area (Å²) in [5.41, 5.74) is 0.334. The van der Waals surface area contributed by atoms with Gasteiger partial charge in [-0.25, -0.2) is 8.42 Å². The van der Waals surface area contributed by atoms with E-state index in [1.807, 2.05) is 49.4 Å². The topological polar surface area (TPSA) is 84.9 Å². The Balaban J connectivity index is 1.45. The third kappa shape index (κ3) is 6.53. The van der Waals surface area contributed by atoms with Crippen LogP contribution >= 0.6 is 11.6 Å². The standard InChI is InChI=1S/C28H27ClN2O5S/c1-2-35-24-14-12-23(13-15-24)31(37(33,34)25-16-10-22(29)11-17-25)20-28(32)30-18-19-36-27-9-5-7-21-6-3-4-8-26(21)27/h3-17H,2,18-20H2,1H3,(H,30,32). The van der Waals surface area contributed by atoms with Crippen LogP contribution in [0.5, 0.6) is 11.5 Å². The summed E-state index contributed by atoms with van der Waals surface area (Å²) in [6.45, 7) is 2.37. The Morgan fingerprint density at radius 1 is 0.892 bits per heavy atom. The summed E-state index contributed by atoms with van der Waals surface area (Å²) in [5, 5.41) is 5.20. The van der Waals surface area contributed by atoms with Crippen molar-refractivity contribution in [1.29, 1.82) is 0 Å². The summed E-state index contributed by atoms with van der Waals surface area (Å²) < 4.78 is 39.3. The zero-order chi connectivity index (χ0) is 26.3. The molecule has 1 amide bonds. The third-order valence-corrected chi connectivity index (χ3v) is 7.60. The molecule has 0 heterocycles. The van der Waals surface area contributed by atoms with Crippen LogP contribution in [0.15, 0.2) is 95.9 Å². The lowest BCUT2D eigenvalue weighted by Gasteiger charge is -2.24. The molecule has 4 aromatic rings. The summed E-state index contributed by atoms with van der Waals surface area (Å²) in [4.78, 5) is 12.9. The van der Waals surface area contributed by atoms with Crippen LogP contribution in [0.3, 0.4) is 0 Å². The molecule has 4 aromatic carbocycles. The third-order valence-electron chi connectivity index (χ3n) is 5.56. The van der Waals surface area contributed by atoms with Crippen LogP contribution in [0.4, 0.5) is 5.69 Å². The van der Waals surface area contributed by atoms with Crippen molar-refractivity contribution in [1.82, 2.24) is 5.32 Å². The number of sulfonamides is 1. The molecule has 7 nitrogen and oxygen atoms in total. The highest BCUT2D eigenvalue weighted by atomic mass is 35.5. The first-order valence-electron chi connectivity index (χ1n) is 11.8. The summed E-state index contributed by atoms with van der Waals surface area (Å²) in [5.74, 6) is 0.853. The van der Waals surface area contributed by atoms with Crippen LogP contribution in [0, 0.1) is 0 Å². The Labute approximate surface area is 221 Å². The lowest BCUT2D eigenvalue weighted by Crippen LogP contribution is -2.41. The van der Waals surface area contributed by atoms with Gasteiger partial charge in [0.05, 0.1) is 23.7 Å². The lowest BCUT2D eigenvalue weighted by atomic mass is 10.1. The fourth-order valence-electron chi connectivity index (χ4n) is 3.78. The van der Waals surface area contributed by atoms with Gasteiger partial charge >= 0.3 is 0 Å². The van der Waals surface area contributed by atoms with Gasteiger partial charge in [0.2, 0.25) is 5.91 Å². The van der Waals surface area contributed by atoms with Crippen molar-refractivity contribution in [3.8, 4) is 11.5 Å². The van der Waals surface area contributed by atoms with E-state index in [2.05, 4.69) is 5.32 Å². The molecule has 0 fully saturated rings. The van der Waals surface area contributed by atoms with Gasteiger partial charge in [-0.2, -0.15) is 0 Å². The number of carbonyl (C=O) groups excluding carboxylic acids is 1. The second-order valence-corrected chi connectivity index (χ2v) is 10.4. The van der Waals surface area contributed by atoms with Crippen LogP contribution in [0.2, 0.25) is 5.02 Å². The van der Waals surface area contributed by atoms with E-state index in [9.17, 15) is 13.2 Å². The molecule has 0 aliphatic rings. The number of nitrogens with one attached hydrogen (secondary N) is 1. The van der Waals surface area contributed by atoms with Gasteiger partial charge in [-0.1, -0.05) is 48.0 Å². The molecule has 0 saturated carbocycles. The molecule has 4 rings (SSSR count). The van der Waals surface area contributed by atoms with Gasteiger partial charge in [-0.3, -0.25) is 9.10 Å². The Hall–Kier alpha value is -3.75. The average Bonchev–Trinajstić information content (AvgIpc) is 2.91. The second kappa shape index (κ2) is 12.0. The predicted octanol–water partition coefficient (Wildman–Crippen LogP) is 5.28. The highest BCUT2D eigenvalue weighted by molar-refractivity contribution is 7.92. The normalized spacial score (nSPS) is 11.2. The van der Waals surface area contributed by atoms with Crippen molar-refractivity contribution in [3.63, 3.8) is 0 Å². The van der Waals surface area contributed by atoms with E-state index in [0.717, 1.165) is 15.1 Å². The summed E-state index contributed by atoms with van der Waals surface area (Å²) >= 11 is 5.94. The quantitative estimate of drug-likeness (QED) is 0.263. The number of amides is 1. The molecule has 1 N–H and O–H groups in total. The maximum absolute atomic E-state index is 13.5. The first-order chi connectivity index (χ1) is 17.9. The molecule has 0 aromatic heterocycles. The maximum Gasteiger partial charge on any atom is 0.264 e. The average molecular weight is 539 g/mol. The molecule has 0 aliphatic heterocycles. The van der Waals surface area contributed by atoms with Gasteiger partial charge in [0, 0.05) is 10.4 Å². The Bertz CT molecular complexity index is 1450. The summed E-state index contributed by atoms with van der Waals surface area (Å²) in [7, 11) is -4.05. The molecule has 0 bridgehead atoms. The molecule has 0 unspecified atom stereocenters. The molecule has 37 heavy (non-hydrogen) atoms. The number of ether oxygens (including phenoxy) is 2. The highest BCUT2D eigenvalue weighted by Gasteiger charge is 2.27. The molecular formula is C28H27ClN2O5S. The molecule has 0 atom stereocenters. The SMILES string of the molecule is CCOc1ccc(N(CC(=O)NCCOc2cccc3ccccc23)S(=O)(=O)c2ccc(Cl)cc2)cc1. The number of fused-ring (bicyclic) bond motifs is 1. The number of benzene rings is 4. The first kappa shape index (κ1) is 26.3. The zero-order valence-corrected chi connectivity index (χ0v) is 21.8. The highest BCUT2D eigenvalue weighted by Crippen LogP contribution is 2.27. The second-order valence-electron chi connectivity index (χ2n) is 8.07. The number of halogens is 1. The number of nitrogens with zero attached hydrogens (tertiary/aromatic N) is 1. The number of anilines is 1. The lowest BCUT2D eigenvalue weighted by molar-refractivity contribution is -0.119. The van der Waals surface area contributed by atoms with E-state index in [4.69, 9.17) is 21.1 Å². The molecule has 0 spiro atoms. The van der Waals surface area contributed by atoms with Crippen LogP contribution in [-0.4, -0.2) is 40.6 Å². The minimum absolute atomic E-state index is 0.0258. The summed E-state index contributed by atoms with van der Waals surface area (Å²) in [6, 6.07) is 26.0. The van der Waals surface area contributed by atoms with Crippen molar-refractivity contribution >= 4 is 44.0 Å². The Morgan fingerprint density at radius 3 is 2.32 bits per heavy atom.